The molecule has 86 valence electrons. The minimum atomic E-state index is -2.03. The van der Waals surface area contributed by atoms with Crippen LogP contribution in [0, 0.1) is 0 Å². The molecule has 5 nitrogen and oxygen atoms in total. The normalized spacial score (nSPS) is 13.7. The van der Waals surface area contributed by atoms with E-state index in [9.17, 15) is 9.59 Å². The molecule has 0 saturated heterocycles. The van der Waals surface area contributed by atoms with Crippen LogP contribution in [0.4, 0.5) is 0 Å². The quantitative estimate of drug-likeness (QED) is 0.341. The maximum atomic E-state index is 11.0. The highest BCUT2D eigenvalue weighted by molar-refractivity contribution is 6.68. The van der Waals surface area contributed by atoms with Crippen molar-refractivity contribution in [1.82, 2.24) is 5.32 Å². The number of aliphatic hydroxyl groups is 1. The van der Waals surface area contributed by atoms with E-state index in [1.54, 1.807) is 0 Å². The Hall–Kier alpha value is -0.490. The van der Waals surface area contributed by atoms with Gasteiger partial charge in [-0.3, -0.25) is 4.79 Å². The highest BCUT2D eigenvalue weighted by Gasteiger charge is 2.31. The van der Waals surface area contributed by atoms with Crippen LogP contribution in [-0.2, 0) is 14.3 Å². The fourth-order valence-corrected chi connectivity index (χ4v) is 0.640. The van der Waals surface area contributed by atoms with Crippen molar-refractivity contribution in [2.24, 2.45) is 0 Å². The van der Waals surface area contributed by atoms with Crippen LogP contribution < -0.4 is 5.32 Å². The third-order valence-corrected chi connectivity index (χ3v) is 1.78. The third kappa shape index (κ3) is 6.57. The average Bonchev–Trinajstić information content (AvgIpc) is 2.12. The summed E-state index contributed by atoms with van der Waals surface area (Å²) in [6, 6.07) is 0. The molecule has 15 heavy (non-hydrogen) atoms. The number of hydrogen-bond donors (Lipinski definition) is 2. The molecule has 0 aromatic heterocycles. The summed E-state index contributed by atoms with van der Waals surface area (Å²) < 4.78 is 2.19. The number of nitrogens with one attached hydrogen (secondary N) is 1. The molecule has 0 saturated carbocycles. The van der Waals surface area contributed by atoms with E-state index in [0.717, 1.165) is 19.3 Å². The predicted octanol–water partition coefficient (Wildman–Crippen LogP) is 0.520. The Labute approximate surface area is 101 Å². The summed E-state index contributed by atoms with van der Waals surface area (Å²) in [5.74, 6) is -1.51. The summed E-state index contributed by atoms with van der Waals surface area (Å²) in [6.07, 6.45) is 0.0311. The van der Waals surface area contributed by atoms with Gasteiger partial charge in [-0.2, -0.15) is 0 Å². The highest BCUT2D eigenvalue weighted by atomic mass is 35.6. The first-order valence-corrected chi connectivity index (χ1v) is 4.72. The number of esters is 1. The first-order valence-electron chi connectivity index (χ1n) is 3.58. The average molecular weight is 277 g/mol. The van der Waals surface area contributed by atoms with Gasteiger partial charge >= 0.3 is 5.97 Å². The maximum Gasteiger partial charge on any atom is 0.330 e. The van der Waals surface area contributed by atoms with Crippen molar-refractivity contribution < 1.29 is 19.4 Å². The van der Waals surface area contributed by atoms with Crippen molar-refractivity contribution in [2.75, 3.05) is 7.11 Å². The number of hydrogen-bond acceptors (Lipinski definition) is 4. The smallest absolute Gasteiger partial charge is 0.330 e. The number of alkyl halides is 3. The molecule has 0 spiro atoms. The van der Waals surface area contributed by atoms with Gasteiger partial charge in [-0.1, -0.05) is 34.8 Å². The lowest BCUT2D eigenvalue weighted by molar-refractivity contribution is -0.135. The molecule has 0 fully saturated rings. The Morgan fingerprint density at radius 3 is 2.33 bits per heavy atom. The fraction of sp³-hybridized carbons (Fsp3) is 0.429. The summed E-state index contributed by atoms with van der Waals surface area (Å²) in [7, 11) is 1.15. The molecule has 0 bridgehead atoms. The zero-order chi connectivity index (χ0) is 12.1. The van der Waals surface area contributed by atoms with Crippen LogP contribution in [-0.4, -0.2) is 34.1 Å². The first kappa shape index (κ1) is 14.5. The second-order valence-corrected chi connectivity index (χ2v) is 4.68. The van der Waals surface area contributed by atoms with Gasteiger partial charge in [0.25, 0.3) is 0 Å². The molecular weight excluding hydrogens is 268 g/mol. The minimum absolute atomic E-state index is 0.714. The maximum absolute atomic E-state index is 11.0. The molecule has 0 aromatic carbocycles. The molecule has 0 rings (SSSR count). The van der Waals surface area contributed by atoms with E-state index in [1.807, 2.05) is 5.32 Å². The van der Waals surface area contributed by atoms with Crippen molar-refractivity contribution in [2.45, 2.75) is 10.0 Å². The summed E-state index contributed by atoms with van der Waals surface area (Å²) >= 11 is 15.8. The van der Waals surface area contributed by atoms with Gasteiger partial charge in [-0.15, -0.1) is 0 Å². The van der Waals surface area contributed by atoms with E-state index in [4.69, 9.17) is 39.9 Å². The Morgan fingerprint density at radius 1 is 1.40 bits per heavy atom. The molecule has 0 aliphatic carbocycles. The number of amides is 1. The van der Waals surface area contributed by atoms with Gasteiger partial charge in [0, 0.05) is 12.2 Å². The van der Waals surface area contributed by atoms with Gasteiger partial charge in [0.05, 0.1) is 7.11 Å². The van der Waals surface area contributed by atoms with Gasteiger partial charge in [-0.05, 0) is 0 Å². The van der Waals surface area contributed by atoms with Crippen LogP contribution >= 0.6 is 34.8 Å². The molecule has 0 aliphatic heterocycles. The van der Waals surface area contributed by atoms with Crippen LogP contribution in [0.1, 0.15) is 0 Å². The molecule has 0 heterocycles. The molecule has 1 atom stereocenters. The van der Waals surface area contributed by atoms with Gasteiger partial charge in [0.15, 0.2) is 6.23 Å². The van der Waals surface area contributed by atoms with Crippen molar-refractivity contribution in [3.05, 3.63) is 12.2 Å². The number of ether oxygens (including phenoxy) is 1. The van der Waals surface area contributed by atoms with Gasteiger partial charge in [0.2, 0.25) is 9.70 Å². The Morgan fingerprint density at radius 2 is 1.93 bits per heavy atom. The second-order valence-electron chi connectivity index (χ2n) is 2.31. The van der Waals surface area contributed by atoms with Gasteiger partial charge in [-0.25, -0.2) is 4.79 Å². The number of methoxy groups -OCH3 is 1. The third-order valence-electron chi connectivity index (χ3n) is 1.16. The zero-order valence-electron chi connectivity index (χ0n) is 7.54. The van der Waals surface area contributed by atoms with Crippen LogP contribution in [0.2, 0.25) is 0 Å². The fourth-order valence-electron chi connectivity index (χ4n) is 0.476. The molecule has 0 radical (unpaired) electrons. The summed E-state index contributed by atoms with van der Waals surface area (Å²) in [5, 5.41) is 11.0. The Bertz CT molecular complexity index is 274. The van der Waals surface area contributed by atoms with E-state index in [2.05, 4.69) is 4.74 Å². The monoisotopic (exact) mass is 275 g/mol. The molecular formula is C7H8Cl3NO4. The largest absolute Gasteiger partial charge is 0.466 e. The van der Waals surface area contributed by atoms with Crippen LogP contribution in [0.5, 0.6) is 0 Å². The number of carbonyl (C=O) groups excluding carboxylic acids is 2. The lowest BCUT2D eigenvalue weighted by atomic mass is 10.4. The lowest BCUT2D eigenvalue weighted by Crippen LogP contribution is -2.42. The SMILES string of the molecule is COC(=O)/C=C/C(=O)NC(O)C(Cl)(Cl)Cl. The summed E-state index contributed by atoms with van der Waals surface area (Å²) in [5.41, 5.74) is 0. The lowest BCUT2D eigenvalue weighted by Gasteiger charge is -2.18. The molecule has 0 aromatic rings. The molecule has 1 unspecified atom stereocenters. The van der Waals surface area contributed by atoms with E-state index in [-0.39, 0.29) is 0 Å². The Kier molecular flexibility index (Phi) is 5.97. The summed E-state index contributed by atoms with van der Waals surface area (Å²) in [6.45, 7) is 0. The highest BCUT2D eigenvalue weighted by Crippen LogP contribution is 2.28. The van der Waals surface area contributed by atoms with Crippen molar-refractivity contribution in [1.29, 1.82) is 0 Å². The van der Waals surface area contributed by atoms with E-state index in [0.29, 0.717) is 0 Å². The van der Waals surface area contributed by atoms with E-state index in [1.165, 1.54) is 0 Å². The number of carbonyl (C=O) groups is 2. The van der Waals surface area contributed by atoms with Crippen LogP contribution in [0.25, 0.3) is 0 Å². The van der Waals surface area contributed by atoms with Gasteiger partial charge < -0.3 is 15.2 Å². The predicted molar refractivity (Wildman–Crippen MR) is 55.6 cm³/mol. The number of rotatable bonds is 3. The minimum Gasteiger partial charge on any atom is -0.466 e. The summed E-state index contributed by atoms with van der Waals surface area (Å²) in [4.78, 5) is 21.5. The van der Waals surface area contributed by atoms with Crippen LogP contribution in [0.15, 0.2) is 12.2 Å². The standard InChI is InChI=1S/C7H8Cl3NO4/c1-15-5(13)3-2-4(12)11-6(14)7(8,9)10/h2-3,6,14H,1H3,(H,11,12)/b3-2+. The van der Waals surface area contributed by atoms with E-state index < -0.39 is 21.9 Å². The zero-order valence-corrected chi connectivity index (χ0v) is 9.81. The van der Waals surface area contributed by atoms with E-state index >= 15 is 0 Å². The molecule has 0 aliphatic rings. The molecule has 8 heteroatoms. The number of halogens is 3. The van der Waals surface area contributed by atoms with Crippen molar-refractivity contribution >= 4 is 46.7 Å². The van der Waals surface area contributed by atoms with Crippen molar-refractivity contribution in [3.8, 4) is 0 Å². The Balaban J connectivity index is 4.16. The first-order chi connectivity index (χ1) is 6.77. The molecule has 1 amide bonds. The van der Waals surface area contributed by atoms with Crippen molar-refractivity contribution in [3.63, 3.8) is 0 Å². The van der Waals surface area contributed by atoms with Crippen LogP contribution in [0.3, 0.4) is 0 Å². The van der Waals surface area contributed by atoms with Gasteiger partial charge in [0.1, 0.15) is 0 Å². The second kappa shape index (κ2) is 6.17. The number of aliphatic hydroxyl groups excluding tert-OH is 1. The molecule has 2 N–H and O–H groups in total. The topological polar surface area (TPSA) is 75.6 Å².